The fraction of sp³-hybridized carbons (Fsp3) is 0.812. The molecule has 112 valence electrons. The lowest BCUT2D eigenvalue weighted by atomic mass is 9.71. The van der Waals surface area contributed by atoms with Crippen LogP contribution in [0.25, 0.3) is 0 Å². The molecule has 20 heavy (non-hydrogen) atoms. The van der Waals surface area contributed by atoms with E-state index in [1.54, 1.807) is 0 Å². The molecule has 1 aromatic heterocycles. The molecule has 0 radical (unpaired) electrons. The maximum absolute atomic E-state index is 6.26. The molecule has 1 fully saturated rings. The second kappa shape index (κ2) is 5.39. The van der Waals surface area contributed by atoms with Crippen molar-refractivity contribution < 1.29 is 4.74 Å². The van der Waals surface area contributed by atoms with Crippen LogP contribution in [0.2, 0.25) is 0 Å². The number of hydrogen-bond acceptors (Lipinski definition) is 4. The summed E-state index contributed by atoms with van der Waals surface area (Å²) in [6.45, 7) is 9.68. The van der Waals surface area contributed by atoms with Crippen molar-refractivity contribution in [3.8, 4) is 0 Å². The Balaban J connectivity index is 1.88. The Kier molecular flexibility index (Phi) is 3.91. The molecule has 2 heterocycles. The van der Waals surface area contributed by atoms with Crippen LogP contribution in [0, 0.1) is 5.41 Å². The first-order valence-electron chi connectivity index (χ1n) is 7.88. The topological polar surface area (TPSA) is 34.1 Å². The van der Waals surface area contributed by atoms with Gasteiger partial charge in [0.2, 0.25) is 0 Å². The molecule has 2 aliphatic rings. The van der Waals surface area contributed by atoms with Crippen molar-refractivity contribution >= 4 is 11.3 Å². The molecular formula is C16H26N2OS. The first-order chi connectivity index (χ1) is 9.55. The number of aromatic nitrogens is 1. The van der Waals surface area contributed by atoms with E-state index in [1.165, 1.54) is 28.4 Å². The molecule has 3 nitrogen and oxygen atoms in total. The van der Waals surface area contributed by atoms with Gasteiger partial charge < -0.3 is 10.1 Å². The average Bonchev–Trinajstić information content (AvgIpc) is 2.86. The third-order valence-corrected chi connectivity index (χ3v) is 6.11. The Hall–Kier alpha value is -0.450. The Bertz CT molecular complexity index is 447. The van der Waals surface area contributed by atoms with Crippen LogP contribution in [0.3, 0.4) is 0 Å². The lowest BCUT2D eigenvalue weighted by Gasteiger charge is -2.42. The molecule has 0 spiro atoms. The largest absolute Gasteiger partial charge is 0.368 e. The maximum Gasteiger partial charge on any atom is 0.125 e. The van der Waals surface area contributed by atoms with Crippen molar-refractivity contribution in [3.05, 3.63) is 15.6 Å². The molecule has 1 aliphatic heterocycles. The SMILES string of the molecule is CCOC1(c2nc3c(s2)CNCC3)CCC(C)(C)CC1. The van der Waals surface area contributed by atoms with Gasteiger partial charge in [-0.3, -0.25) is 0 Å². The summed E-state index contributed by atoms with van der Waals surface area (Å²) in [7, 11) is 0. The summed E-state index contributed by atoms with van der Waals surface area (Å²) in [4.78, 5) is 6.39. The van der Waals surface area contributed by atoms with Crippen LogP contribution in [-0.2, 0) is 23.3 Å². The fourth-order valence-corrected chi connectivity index (χ4v) is 4.63. The summed E-state index contributed by atoms with van der Waals surface area (Å²) >= 11 is 1.88. The van der Waals surface area contributed by atoms with E-state index in [0.717, 1.165) is 39.0 Å². The van der Waals surface area contributed by atoms with Gasteiger partial charge in [-0.2, -0.15) is 0 Å². The Morgan fingerprint density at radius 2 is 2.00 bits per heavy atom. The maximum atomic E-state index is 6.26. The van der Waals surface area contributed by atoms with Gasteiger partial charge in [0.05, 0.1) is 5.69 Å². The number of thiazole rings is 1. The lowest BCUT2D eigenvalue weighted by molar-refractivity contribution is -0.0891. The normalized spacial score (nSPS) is 24.4. The highest BCUT2D eigenvalue weighted by atomic mass is 32.1. The van der Waals surface area contributed by atoms with Crippen LogP contribution in [0.5, 0.6) is 0 Å². The van der Waals surface area contributed by atoms with Crippen LogP contribution in [0.15, 0.2) is 0 Å². The summed E-state index contributed by atoms with van der Waals surface area (Å²) in [5.74, 6) is 0. The minimum Gasteiger partial charge on any atom is -0.368 e. The number of ether oxygens (including phenoxy) is 1. The highest BCUT2D eigenvalue weighted by Crippen LogP contribution is 2.48. The molecule has 1 N–H and O–H groups in total. The standard InChI is InChI=1S/C16H26N2OS/c1-4-19-16(8-6-15(2,3)7-9-16)14-18-12-5-10-17-11-13(12)20-14/h17H,4-11H2,1-3H3. The van der Waals surface area contributed by atoms with E-state index < -0.39 is 0 Å². The van der Waals surface area contributed by atoms with Crippen LogP contribution in [0.1, 0.15) is 62.0 Å². The van der Waals surface area contributed by atoms with E-state index in [9.17, 15) is 0 Å². The summed E-state index contributed by atoms with van der Waals surface area (Å²) in [6.07, 6.45) is 5.77. The van der Waals surface area contributed by atoms with Crippen LogP contribution in [0.4, 0.5) is 0 Å². The quantitative estimate of drug-likeness (QED) is 0.924. The fourth-order valence-electron chi connectivity index (χ4n) is 3.35. The molecule has 1 aliphatic carbocycles. The van der Waals surface area contributed by atoms with Gasteiger partial charge in [0.1, 0.15) is 10.6 Å². The summed E-state index contributed by atoms with van der Waals surface area (Å²) < 4.78 is 6.26. The first-order valence-corrected chi connectivity index (χ1v) is 8.70. The number of hydrogen-bond donors (Lipinski definition) is 1. The van der Waals surface area contributed by atoms with Gasteiger partial charge in [-0.25, -0.2) is 4.98 Å². The van der Waals surface area contributed by atoms with E-state index in [-0.39, 0.29) is 5.60 Å². The van der Waals surface area contributed by atoms with E-state index >= 15 is 0 Å². The van der Waals surface area contributed by atoms with Crippen molar-refractivity contribution in [2.24, 2.45) is 5.41 Å². The number of nitrogens with one attached hydrogen (secondary N) is 1. The predicted molar refractivity (Wildman–Crippen MR) is 83.1 cm³/mol. The highest BCUT2D eigenvalue weighted by Gasteiger charge is 2.43. The van der Waals surface area contributed by atoms with Crippen LogP contribution in [-0.4, -0.2) is 18.1 Å². The molecule has 0 aromatic carbocycles. The molecule has 0 atom stereocenters. The average molecular weight is 294 g/mol. The van der Waals surface area contributed by atoms with Crippen LogP contribution >= 0.6 is 11.3 Å². The zero-order chi connectivity index (χ0) is 14.2. The lowest BCUT2D eigenvalue weighted by Crippen LogP contribution is -2.37. The van der Waals surface area contributed by atoms with Gasteiger partial charge in [-0.1, -0.05) is 13.8 Å². The van der Waals surface area contributed by atoms with Crippen molar-refractivity contribution in [1.29, 1.82) is 0 Å². The van der Waals surface area contributed by atoms with Gasteiger partial charge in [0.15, 0.2) is 0 Å². The third kappa shape index (κ3) is 2.66. The van der Waals surface area contributed by atoms with Gasteiger partial charge in [0, 0.05) is 31.0 Å². The number of fused-ring (bicyclic) bond motifs is 1. The van der Waals surface area contributed by atoms with Crippen molar-refractivity contribution in [1.82, 2.24) is 10.3 Å². The Morgan fingerprint density at radius 3 is 2.65 bits per heavy atom. The highest BCUT2D eigenvalue weighted by molar-refractivity contribution is 7.11. The van der Waals surface area contributed by atoms with Crippen molar-refractivity contribution in [2.45, 2.75) is 65.0 Å². The molecule has 0 saturated heterocycles. The van der Waals surface area contributed by atoms with Gasteiger partial charge in [-0.15, -0.1) is 11.3 Å². The summed E-state index contributed by atoms with van der Waals surface area (Å²) in [5, 5.41) is 4.68. The molecule has 0 unspecified atom stereocenters. The Morgan fingerprint density at radius 1 is 1.25 bits per heavy atom. The monoisotopic (exact) mass is 294 g/mol. The van der Waals surface area contributed by atoms with Crippen LogP contribution < -0.4 is 5.32 Å². The van der Waals surface area contributed by atoms with E-state index in [2.05, 4.69) is 26.1 Å². The summed E-state index contributed by atoms with van der Waals surface area (Å²) in [6, 6.07) is 0. The van der Waals surface area contributed by atoms with E-state index in [1.807, 2.05) is 11.3 Å². The number of nitrogens with zero attached hydrogens (tertiary/aromatic N) is 1. The molecular weight excluding hydrogens is 268 g/mol. The van der Waals surface area contributed by atoms with Gasteiger partial charge >= 0.3 is 0 Å². The van der Waals surface area contributed by atoms with E-state index in [4.69, 9.17) is 9.72 Å². The van der Waals surface area contributed by atoms with E-state index in [0.29, 0.717) is 5.41 Å². The van der Waals surface area contributed by atoms with Crippen molar-refractivity contribution in [3.63, 3.8) is 0 Å². The molecule has 1 saturated carbocycles. The minimum absolute atomic E-state index is 0.105. The zero-order valence-corrected chi connectivity index (χ0v) is 13.7. The second-order valence-electron chi connectivity index (χ2n) is 6.91. The summed E-state index contributed by atoms with van der Waals surface area (Å²) in [5.41, 5.74) is 1.67. The molecule has 0 amide bonds. The van der Waals surface area contributed by atoms with Crippen molar-refractivity contribution in [2.75, 3.05) is 13.2 Å². The van der Waals surface area contributed by atoms with Gasteiger partial charge in [-0.05, 0) is 38.0 Å². The molecule has 3 rings (SSSR count). The molecule has 4 heteroatoms. The zero-order valence-electron chi connectivity index (χ0n) is 12.9. The minimum atomic E-state index is -0.105. The predicted octanol–water partition coefficient (Wildman–Crippen LogP) is 3.62. The number of rotatable bonds is 3. The smallest absolute Gasteiger partial charge is 0.125 e. The molecule has 1 aromatic rings. The second-order valence-corrected chi connectivity index (χ2v) is 7.99. The first kappa shape index (κ1) is 14.5. The van der Waals surface area contributed by atoms with Gasteiger partial charge in [0.25, 0.3) is 0 Å². The Labute approximate surface area is 126 Å². The molecule has 0 bridgehead atoms. The third-order valence-electron chi connectivity index (χ3n) is 4.82.